The summed E-state index contributed by atoms with van der Waals surface area (Å²) in [5.41, 5.74) is 1.31. The van der Waals surface area contributed by atoms with E-state index < -0.39 is 0 Å². The first-order valence-electron chi connectivity index (χ1n) is 6.73. The maximum atomic E-state index is 4.51. The molecule has 17 heavy (non-hydrogen) atoms. The van der Waals surface area contributed by atoms with Crippen LogP contribution in [0.1, 0.15) is 33.3 Å². The predicted octanol–water partition coefficient (Wildman–Crippen LogP) is 2.47. The summed E-state index contributed by atoms with van der Waals surface area (Å²) in [6.07, 6.45) is 3.05. The highest BCUT2D eigenvalue weighted by atomic mass is 15.2. The molecule has 1 saturated heterocycles. The van der Waals surface area contributed by atoms with Gasteiger partial charge < -0.3 is 10.2 Å². The number of nitrogens with one attached hydrogen (secondary N) is 1. The van der Waals surface area contributed by atoms with Gasteiger partial charge >= 0.3 is 0 Å². The Labute approximate surface area is 105 Å². The van der Waals surface area contributed by atoms with Crippen molar-refractivity contribution in [1.29, 1.82) is 0 Å². The fourth-order valence-corrected chi connectivity index (χ4v) is 1.95. The molecular formula is C14H25N3. The van der Waals surface area contributed by atoms with Crippen molar-refractivity contribution in [3.05, 3.63) is 23.9 Å². The van der Waals surface area contributed by atoms with E-state index >= 15 is 0 Å². The van der Waals surface area contributed by atoms with Crippen molar-refractivity contribution in [2.75, 3.05) is 24.5 Å². The third kappa shape index (κ3) is 4.00. The molecule has 2 heterocycles. The number of anilines is 1. The molecule has 0 amide bonds. The molecule has 1 aliphatic rings. The van der Waals surface area contributed by atoms with Gasteiger partial charge in [-0.05, 0) is 25.0 Å². The van der Waals surface area contributed by atoms with E-state index in [2.05, 4.69) is 41.2 Å². The zero-order valence-electron chi connectivity index (χ0n) is 11.5. The summed E-state index contributed by atoms with van der Waals surface area (Å²) in [5, 5.41) is 3.43. The summed E-state index contributed by atoms with van der Waals surface area (Å²) < 4.78 is 0. The van der Waals surface area contributed by atoms with Crippen LogP contribution in [0.2, 0.25) is 0 Å². The number of aromatic nitrogens is 1. The van der Waals surface area contributed by atoms with Crippen LogP contribution >= 0.6 is 0 Å². The highest BCUT2D eigenvalue weighted by Crippen LogP contribution is 2.13. The van der Waals surface area contributed by atoms with Crippen molar-refractivity contribution in [3.8, 4) is 0 Å². The van der Waals surface area contributed by atoms with Crippen LogP contribution in [0.25, 0.3) is 0 Å². The molecule has 1 N–H and O–H groups in total. The van der Waals surface area contributed by atoms with E-state index in [1.54, 1.807) is 0 Å². The van der Waals surface area contributed by atoms with E-state index in [4.69, 9.17) is 0 Å². The van der Waals surface area contributed by atoms with E-state index in [1.807, 2.05) is 20.0 Å². The van der Waals surface area contributed by atoms with Gasteiger partial charge in [-0.15, -0.1) is 0 Å². The smallest absolute Gasteiger partial charge is 0.128 e. The molecule has 1 aromatic rings. The van der Waals surface area contributed by atoms with E-state index in [1.165, 1.54) is 5.56 Å². The summed E-state index contributed by atoms with van der Waals surface area (Å²) in [7, 11) is 0. The summed E-state index contributed by atoms with van der Waals surface area (Å²) in [4.78, 5) is 6.85. The molecule has 0 bridgehead atoms. The first kappa shape index (κ1) is 14.0. The number of pyridine rings is 1. The average Bonchev–Trinajstić information content (AvgIpc) is 2.41. The second-order valence-electron chi connectivity index (χ2n) is 4.18. The maximum Gasteiger partial charge on any atom is 0.128 e. The minimum atomic E-state index is 0.561. The minimum Gasteiger partial charge on any atom is -0.354 e. The summed E-state index contributed by atoms with van der Waals surface area (Å²) in [6.45, 7) is 11.5. The molecule has 1 aliphatic heterocycles. The zero-order valence-corrected chi connectivity index (χ0v) is 11.5. The van der Waals surface area contributed by atoms with Crippen molar-refractivity contribution < 1.29 is 0 Å². The Hall–Kier alpha value is -1.09. The Kier molecular flexibility index (Phi) is 5.98. The van der Waals surface area contributed by atoms with Gasteiger partial charge in [0, 0.05) is 31.9 Å². The van der Waals surface area contributed by atoms with Gasteiger partial charge in [-0.2, -0.15) is 0 Å². The lowest BCUT2D eigenvalue weighted by Crippen LogP contribution is -2.49. The molecule has 0 radical (unpaired) electrons. The fraction of sp³-hybridized carbons (Fsp3) is 0.643. The lowest BCUT2D eigenvalue weighted by Gasteiger charge is -2.32. The first-order valence-corrected chi connectivity index (χ1v) is 6.73. The molecule has 0 saturated carbocycles. The standard InChI is InChI=1S/C12H19N3.C2H6/c1-3-11-4-5-12(14-8-11)15-7-6-13-10(2)9-15;1-2/h4-5,8,10,13H,3,6-7,9H2,1-2H3;1-2H3. The van der Waals surface area contributed by atoms with Crippen LogP contribution < -0.4 is 10.2 Å². The molecule has 3 nitrogen and oxygen atoms in total. The van der Waals surface area contributed by atoms with Gasteiger partial charge in [0.15, 0.2) is 0 Å². The molecule has 3 heteroatoms. The van der Waals surface area contributed by atoms with Crippen LogP contribution in [0.15, 0.2) is 18.3 Å². The summed E-state index contributed by atoms with van der Waals surface area (Å²) >= 11 is 0. The van der Waals surface area contributed by atoms with Crippen molar-refractivity contribution >= 4 is 5.82 Å². The minimum absolute atomic E-state index is 0.561. The molecule has 0 aromatic carbocycles. The second-order valence-corrected chi connectivity index (χ2v) is 4.18. The Morgan fingerprint density at radius 2 is 2.18 bits per heavy atom. The van der Waals surface area contributed by atoms with Gasteiger partial charge in [0.05, 0.1) is 0 Å². The largest absolute Gasteiger partial charge is 0.354 e. The van der Waals surface area contributed by atoms with Crippen molar-refractivity contribution in [2.24, 2.45) is 0 Å². The van der Waals surface area contributed by atoms with Crippen LogP contribution in [0.3, 0.4) is 0 Å². The highest BCUT2D eigenvalue weighted by Gasteiger charge is 2.16. The first-order chi connectivity index (χ1) is 8.29. The molecule has 2 rings (SSSR count). The molecule has 1 aromatic heterocycles. The Bertz CT molecular complexity index is 308. The molecule has 1 atom stereocenters. The lowest BCUT2D eigenvalue weighted by atomic mass is 10.2. The van der Waals surface area contributed by atoms with Crippen LogP contribution in [0.4, 0.5) is 5.82 Å². The van der Waals surface area contributed by atoms with Crippen LogP contribution in [0, 0.1) is 0 Å². The topological polar surface area (TPSA) is 28.2 Å². The van der Waals surface area contributed by atoms with Gasteiger partial charge in [0.25, 0.3) is 0 Å². The Morgan fingerprint density at radius 1 is 1.41 bits per heavy atom. The third-order valence-electron chi connectivity index (χ3n) is 2.91. The summed E-state index contributed by atoms with van der Waals surface area (Å²) in [6, 6.07) is 4.87. The SMILES string of the molecule is CC.CCc1ccc(N2CCNC(C)C2)nc1. The molecule has 1 unspecified atom stereocenters. The number of piperazine rings is 1. The van der Waals surface area contributed by atoms with Crippen LogP contribution in [-0.2, 0) is 6.42 Å². The summed E-state index contributed by atoms with van der Waals surface area (Å²) in [5.74, 6) is 1.11. The zero-order chi connectivity index (χ0) is 12.7. The lowest BCUT2D eigenvalue weighted by molar-refractivity contribution is 0.482. The molecular weight excluding hydrogens is 210 g/mol. The molecule has 96 valence electrons. The van der Waals surface area contributed by atoms with E-state index in [0.717, 1.165) is 31.9 Å². The van der Waals surface area contributed by atoms with E-state index in [0.29, 0.717) is 6.04 Å². The predicted molar refractivity (Wildman–Crippen MR) is 74.6 cm³/mol. The molecule has 0 spiro atoms. The van der Waals surface area contributed by atoms with Crippen molar-refractivity contribution in [1.82, 2.24) is 10.3 Å². The van der Waals surface area contributed by atoms with Gasteiger partial charge in [0.1, 0.15) is 5.82 Å². The number of aryl methyl sites for hydroxylation is 1. The fourth-order valence-electron chi connectivity index (χ4n) is 1.95. The van der Waals surface area contributed by atoms with Crippen molar-refractivity contribution in [3.63, 3.8) is 0 Å². The Balaban J connectivity index is 0.000000686. The monoisotopic (exact) mass is 235 g/mol. The van der Waals surface area contributed by atoms with Crippen molar-refractivity contribution in [2.45, 2.75) is 40.2 Å². The van der Waals surface area contributed by atoms with Gasteiger partial charge in [-0.25, -0.2) is 4.98 Å². The van der Waals surface area contributed by atoms with E-state index in [-0.39, 0.29) is 0 Å². The third-order valence-corrected chi connectivity index (χ3v) is 2.91. The average molecular weight is 235 g/mol. The van der Waals surface area contributed by atoms with Crippen LogP contribution in [0.5, 0.6) is 0 Å². The Morgan fingerprint density at radius 3 is 2.71 bits per heavy atom. The second kappa shape index (κ2) is 7.28. The normalized spacial score (nSPS) is 19.5. The number of hydrogen-bond acceptors (Lipinski definition) is 3. The van der Waals surface area contributed by atoms with Gasteiger partial charge in [-0.1, -0.05) is 26.8 Å². The quantitative estimate of drug-likeness (QED) is 0.853. The number of hydrogen-bond donors (Lipinski definition) is 1. The molecule has 0 aliphatic carbocycles. The number of nitrogens with zero attached hydrogens (tertiary/aromatic N) is 2. The van der Waals surface area contributed by atoms with Gasteiger partial charge in [0.2, 0.25) is 0 Å². The highest BCUT2D eigenvalue weighted by molar-refractivity contribution is 5.40. The maximum absolute atomic E-state index is 4.51. The van der Waals surface area contributed by atoms with Crippen LogP contribution in [-0.4, -0.2) is 30.7 Å². The number of rotatable bonds is 2. The van der Waals surface area contributed by atoms with E-state index in [9.17, 15) is 0 Å². The molecule has 1 fully saturated rings. The van der Waals surface area contributed by atoms with Gasteiger partial charge in [-0.3, -0.25) is 0 Å².